The summed E-state index contributed by atoms with van der Waals surface area (Å²) in [5.41, 5.74) is 2.15. The molecule has 96 valence electrons. The molecule has 0 spiro atoms. The smallest absolute Gasteiger partial charge is 0.123 e. The Hall–Kier alpha value is -0.930. The van der Waals surface area contributed by atoms with Crippen LogP contribution in [0, 0.1) is 18.2 Å². The van der Waals surface area contributed by atoms with E-state index in [9.17, 15) is 4.39 Å². The summed E-state index contributed by atoms with van der Waals surface area (Å²) in [5, 5.41) is 12.2. The van der Waals surface area contributed by atoms with Crippen LogP contribution in [0.2, 0.25) is 0 Å². The minimum absolute atomic E-state index is 0.0655. The molecule has 17 heavy (non-hydrogen) atoms. The Morgan fingerprint density at radius 1 is 1.35 bits per heavy atom. The van der Waals surface area contributed by atoms with Gasteiger partial charge in [-0.15, -0.1) is 0 Å². The maximum absolute atomic E-state index is 13.1. The van der Waals surface area contributed by atoms with Gasteiger partial charge < -0.3 is 10.4 Å². The summed E-state index contributed by atoms with van der Waals surface area (Å²) in [6, 6.07) is 4.85. The average molecular weight is 239 g/mol. The topological polar surface area (TPSA) is 32.3 Å². The van der Waals surface area contributed by atoms with Crippen LogP contribution in [0.4, 0.5) is 4.39 Å². The van der Waals surface area contributed by atoms with Crippen molar-refractivity contribution in [3.8, 4) is 0 Å². The molecule has 0 aliphatic carbocycles. The third-order valence-electron chi connectivity index (χ3n) is 3.02. The van der Waals surface area contributed by atoms with E-state index in [0.29, 0.717) is 6.54 Å². The molecule has 1 aromatic rings. The molecule has 0 fully saturated rings. The van der Waals surface area contributed by atoms with E-state index < -0.39 is 0 Å². The number of halogens is 1. The van der Waals surface area contributed by atoms with Crippen molar-refractivity contribution in [2.75, 3.05) is 13.2 Å². The van der Waals surface area contributed by atoms with Crippen LogP contribution in [-0.4, -0.2) is 18.3 Å². The van der Waals surface area contributed by atoms with Crippen molar-refractivity contribution in [2.45, 2.75) is 33.7 Å². The van der Waals surface area contributed by atoms with Crippen LogP contribution in [-0.2, 0) is 6.54 Å². The van der Waals surface area contributed by atoms with Crippen molar-refractivity contribution in [2.24, 2.45) is 5.41 Å². The van der Waals surface area contributed by atoms with E-state index in [0.717, 1.165) is 24.1 Å². The van der Waals surface area contributed by atoms with Gasteiger partial charge >= 0.3 is 0 Å². The van der Waals surface area contributed by atoms with Gasteiger partial charge in [-0.3, -0.25) is 0 Å². The highest BCUT2D eigenvalue weighted by Crippen LogP contribution is 2.18. The molecule has 0 amide bonds. The number of rotatable bonds is 6. The van der Waals surface area contributed by atoms with E-state index >= 15 is 0 Å². The van der Waals surface area contributed by atoms with Gasteiger partial charge in [0.2, 0.25) is 0 Å². The first kappa shape index (κ1) is 14.1. The number of hydrogen-bond acceptors (Lipinski definition) is 2. The van der Waals surface area contributed by atoms with Crippen LogP contribution < -0.4 is 5.32 Å². The van der Waals surface area contributed by atoms with Gasteiger partial charge in [-0.2, -0.15) is 0 Å². The lowest BCUT2D eigenvalue weighted by atomic mass is 9.89. The molecule has 0 unspecified atom stereocenters. The number of aryl methyl sites for hydroxylation is 1. The third-order valence-corrected chi connectivity index (χ3v) is 3.02. The first-order chi connectivity index (χ1) is 7.94. The zero-order valence-electron chi connectivity index (χ0n) is 10.9. The number of aliphatic hydroxyl groups excluding tert-OH is 1. The van der Waals surface area contributed by atoms with E-state index in [1.807, 2.05) is 6.92 Å². The molecule has 0 heterocycles. The fraction of sp³-hybridized carbons (Fsp3) is 0.571. The minimum Gasteiger partial charge on any atom is -0.396 e. The normalized spacial score (nSPS) is 11.8. The van der Waals surface area contributed by atoms with E-state index in [1.165, 1.54) is 6.07 Å². The first-order valence-electron chi connectivity index (χ1n) is 6.01. The lowest BCUT2D eigenvalue weighted by Crippen LogP contribution is -2.30. The molecule has 0 aliphatic heterocycles. The van der Waals surface area contributed by atoms with Crippen LogP contribution >= 0.6 is 0 Å². The largest absolute Gasteiger partial charge is 0.396 e. The maximum atomic E-state index is 13.1. The molecule has 1 rings (SSSR count). The highest BCUT2D eigenvalue weighted by Gasteiger charge is 2.16. The van der Waals surface area contributed by atoms with Crippen LogP contribution in [0.25, 0.3) is 0 Å². The molecule has 0 atom stereocenters. The van der Waals surface area contributed by atoms with Crippen molar-refractivity contribution in [1.82, 2.24) is 5.32 Å². The fourth-order valence-electron chi connectivity index (χ4n) is 1.76. The second-order valence-electron chi connectivity index (χ2n) is 5.31. The summed E-state index contributed by atoms with van der Waals surface area (Å²) in [7, 11) is 0. The summed E-state index contributed by atoms with van der Waals surface area (Å²) < 4.78 is 13.1. The van der Waals surface area contributed by atoms with Gasteiger partial charge in [0.15, 0.2) is 0 Å². The van der Waals surface area contributed by atoms with Crippen LogP contribution in [0.15, 0.2) is 18.2 Å². The molecule has 0 aliphatic rings. The van der Waals surface area contributed by atoms with Gasteiger partial charge in [0.1, 0.15) is 5.82 Å². The lowest BCUT2D eigenvalue weighted by Gasteiger charge is -2.24. The summed E-state index contributed by atoms with van der Waals surface area (Å²) in [4.78, 5) is 0. The SMILES string of the molecule is Cc1ccc(F)cc1CNCC(C)(C)CCO. The predicted octanol–water partition coefficient (Wildman–Crippen LogP) is 2.63. The summed E-state index contributed by atoms with van der Waals surface area (Å²) >= 11 is 0. The summed E-state index contributed by atoms with van der Waals surface area (Å²) in [6.07, 6.45) is 0.766. The Labute approximate surface area is 103 Å². The van der Waals surface area contributed by atoms with Gasteiger partial charge in [-0.1, -0.05) is 19.9 Å². The molecule has 1 aromatic carbocycles. The van der Waals surface area contributed by atoms with Gasteiger partial charge in [-0.25, -0.2) is 4.39 Å². The Morgan fingerprint density at radius 2 is 2.06 bits per heavy atom. The lowest BCUT2D eigenvalue weighted by molar-refractivity contribution is 0.207. The van der Waals surface area contributed by atoms with Crippen LogP contribution in [0.3, 0.4) is 0 Å². The number of nitrogens with one attached hydrogen (secondary N) is 1. The molecule has 0 saturated heterocycles. The maximum Gasteiger partial charge on any atom is 0.123 e. The molecule has 2 nitrogen and oxygen atoms in total. The van der Waals surface area contributed by atoms with E-state index in [1.54, 1.807) is 12.1 Å². The van der Waals surface area contributed by atoms with Gasteiger partial charge in [0, 0.05) is 19.7 Å². The Balaban J connectivity index is 2.48. The summed E-state index contributed by atoms with van der Waals surface area (Å²) in [5.74, 6) is -0.193. The molecule has 0 saturated carbocycles. The molecule has 2 N–H and O–H groups in total. The number of hydrogen-bond donors (Lipinski definition) is 2. The minimum atomic E-state index is -0.193. The predicted molar refractivity (Wildman–Crippen MR) is 68.3 cm³/mol. The van der Waals surface area contributed by atoms with Crippen molar-refractivity contribution in [3.05, 3.63) is 35.1 Å². The standard InChI is InChI=1S/C14H22FNO/c1-11-4-5-13(15)8-12(11)9-16-10-14(2,3)6-7-17/h4-5,8,16-17H,6-7,9-10H2,1-3H3. The zero-order chi connectivity index (χ0) is 12.9. The molecular weight excluding hydrogens is 217 g/mol. The highest BCUT2D eigenvalue weighted by atomic mass is 19.1. The number of aliphatic hydroxyl groups is 1. The molecule has 0 aromatic heterocycles. The molecule has 3 heteroatoms. The molecule has 0 radical (unpaired) electrons. The van der Waals surface area contributed by atoms with Gasteiger partial charge in [0.25, 0.3) is 0 Å². The van der Waals surface area contributed by atoms with Gasteiger partial charge in [0.05, 0.1) is 0 Å². The third kappa shape index (κ3) is 4.84. The highest BCUT2D eigenvalue weighted by molar-refractivity contribution is 5.26. The average Bonchev–Trinajstić information content (AvgIpc) is 2.23. The van der Waals surface area contributed by atoms with Crippen molar-refractivity contribution in [1.29, 1.82) is 0 Å². The van der Waals surface area contributed by atoms with E-state index in [-0.39, 0.29) is 17.8 Å². The quantitative estimate of drug-likeness (QED) is 0.800. The van der Waals surface area contributed by atoms with E-state index in [4.69, 9.17) is 5.11 Å². The zero-order valence-corrected chi connectivity index (χ0v) is 10.9. The van der Waals surface area contributed by atoms with Crippen molar-refractivity contribution in [3.63, 3.8) is 0 Å². The fourth-order valence-corrected chi connectivity index (χ4v) is 1.76. The molecule has 0 bridgehead atoms. The Kier molecular flexibility index (Phi) is 5.09. The second kappa shape index (κ2) is 6.12. The van der Waals surface area contributed by atoms with E-state index in [2.05, 4.69) is 19.2 Å². The monoisotopic (exact) mass is 239 g/mol. The second-order valence-corrected chi connectivity index (χ2v) is 5.31. The first-order valence-corrected chi connectivity index (χ1v) is 6.01. The van der Waals surface area contributed by atoms with Gasteiger partial charge in [-0.05, 0) is 42.0 Å². The van der Waals surface area contributed by atoms with Crippen molar-refractivity contribution < 1.29 is 9.50 Å². The van der Waals surface area contributed by atoms with Crippen LogP contribution in [0.1, 0.15) is 31.4 Å². The Morgan fingerprint density at radius 3 is 2.71 bits per heavy atom. The number of benzene rings is 1. The van der Waals surface area contributed by atoms with Crippen LogP contribution in [0.5, 0.6) is 0 Å². The molecular formula is C14H22FNO. The summed E-state index contributed by atoms with van der Waals surface area (Å²) in [6.45, 7) is 7.87. The Bertz CT molecular complexity index is 363. The van der Waals surface area contributed by atoms with Crippen molar-refractivity contribution >= 4 is 0 Å².